The highest BCUT2D eigenvalue weighted by atomic mass is 32.2. The molecule has 0 aliphatic carbocycles. The van der Waals surface area contributed by atoms with Crippen LogP contribution in [-0.2, 0) is 25.3 Å². The van der Waals surface area contributed by atoms with Gasteiger partial charge in [0.15, 0.2) is 6.54 Å². The number of carbonyl (C=O) groups excluding carboxylic acids is 1. The van der Waals surface area contributed by atoms with E-state index < -0.39 is 10.0 Å². The zero-order valence-electron chi connectivity index (χ0n) is 15.0. The van der Waals surface area contributed by atoms with Gasteiger partial charge in [-0.15, -0.1) is 0 Å². The SMILES string of the molecule is O=C(C[NH+]1CCN(S(=O)(=O)Cc2ccccc2)CC1)NC[C@H]1CCCO1. The van der Waals surface area contributed by atoms with Crippen molar-refractivity contribution in [3.8, 4) is 0 Å². The lowest BCUT2D eigenvalue weighted by molar-refractivity contribution is -0.895. The van der Waals surface area contributed by atoms with E-state index in [9.17, 15) is 13.2 Å². The van der Waals surface area contributed by atoms with E-state index in [-0.39, 0.29) is 17.8 Å². The molecule has 2 N–H and O–H groups in total. The Morgan fingerprint density at radius 1 is 1.23 bits per heavy atom. The van der Waals surface area contributed by atoms with Crippen LogP contribution in [0.1, 0.15) is 18.4 Å². The van der Waals surface area contributed by atoms with Crippen molar-refractivity contribution in [3.63, 3.8) is 0 Å². The molecule has 2 saturated heterocycles. The summed E-state index contributed by atoms with van der Waals surface area (Å²) in [5.41, 5.74) is 0.802. The first-order valence-corrected chi connectivity index (χ1v) is 10.9. The van der Waals surface area contributed by atoms with Crippen LogP contribution in [0.15, 0.2) is 30.3 Å². The molecule has 2 aliphatic heterocycles. The standard InChI is InChI=1S/C18H27N3O4S/c22-18(19-13-17-7-4-12-25-17)14-20-8-10-21(11-9-20)26(23,24)15-16-5-2-1-3-6-16/h1-3,5-6,17H,4,7-15H2,(H,19,22)/p+1/t17-/m1/s1. The number of sulfonamides is 1. The molecule has 2 heterocycles. The third-order valence-corrected chi connectivity index (χ3v) is 6.83. The van der Waals surface area contributed by atoms with E-state index in [1.807, 2.05) is 30.3 Å². The van der Waals surface area contributed by atoms with E-state index in [0.29, 0.717) is 39.3 Å². The quantitative estimate of drug-likeness (QED) is 0.635. The minimum atomic E-state index is -3.31. The van der Waals surface area contributed by atoms with Crippen LogP contribution in [0.3, 0.4) is 0 Å². The van der Waals surface area contributed by atoms with Gasteiger partial charge >= 0.3 is 0 Å². The third-order valence-electron chi connectivity index (χ3n) is 4.98. The highest BCUT2D eigenvalue weighted by Gasteiger charge is 2.30. The number of rotatable bonds is 7. The maximum Gasteiger partial charge on any atom is 0.275 e. The van der Waals surface area contributed by atoms with Gasteiger partial charge in [0, 0.05) is 13.2 Å². The second-order valence-electron chi connectivity index (χ2n) is 7.01. The fraction of sp³-hybridized carbons (Fsp3) is 0.611. The Hall–Kier alpha value is -1.48. The number of hydrogen-bond acceptors (Lipinski definition) is 4. The first-order valence-electron chi connectivity index (χ1n) is 9.26. The average Bonchev–Trinajstić information content (AvgIpc) is 3.14. The van der Waals surface area contributed by atoms with Crippen LogP contribution >= 0.6 is 0 Å². The predicted molar refractivity (Wildman–Crippen MR) is 98.2 cm³/mol. The molecule has 0 spiro atoms. The van der Waals surface area contributed by atoms with E-state index in [0.717, 1.165) is 29.9 Å². The number of nitrogens with zero attached hydrogens (tertiary/aromatic N) is 1. The van der Waals surface area contributed by atoms with E-state index >= 15 is 0 Å². The molecule has 0 aromatic heterocycles. The third kappa shape index (κ3) is 5.51. The Morgan fingerprint density at radius 3 is 2.62 bits per heavy atom. The van der Waals surface area contributed by atoms with Gasteiger partial charge in [-0.05, 0) is 18.4 Å². The largest absolute Gasteiger partial charge is 0.376 e. The normalized spacial score (nSPS) is 22.4. The molecule has 144 valence electrons. The van der Waals surface area contributed by atoms with Gasteiger partial charge in [-0.25, -0.2) is 8.42 Å². The van der Waals surface area contributed by atoms with Crippen LogP contribution in [0.4, 0.5) is 0 Å². The van der Waals surface area contributed by atoms with Crippen molar-refractivity contribution in [2.45, 2.75) is 24.7 Å². The number of quaternary nitrogens is 1. The summed E-state index contributed by atoms with van der Waals surface area (Å²) >= 11 is 0. The van der Waals surface area contributed by atoms with Crippen molar-refractivity contribution < 1.29 is 22.8 Å². The number of amides is 1. The van der Waals surface area contributed by atoms with Gasteiger partial charge in [-0.1, -0.05) is 30.3 Å². The summed E-state index contributed by atoms with van der Waals surface area (Å²) in [7, 11) is -3.31. The summed E-state index contributed by atoms with van der Waals surface area (Å²) in [4.78, 5) is 13.2. The lowest BCUT2D eigenvalue weighted by Crippen LogP contribution is -3.15. The van der Waals surface area contributed by atoms with Crippen molar-refractivity contribution in [3.05, 3.63) is 35.9 Å². The highest BCUT2D eigenvalue weighted by Crippen LogP contribution is 2.11. The van der Waals surface area contributed by atoms with Gasteiger partial charge in [0.25, 0.3) is 5.91 Å². The van der Waals surface area contributed by atoms with E-state index in [2.05, 4.69) is 5.32 Å². The topological polar surface area (TPSA) is 80.2 Å². The van der Waals surface area contributed by atoms with Crippen molar-refractivity contribution in [1.82, 2.24) is 9.62 Å². The number of carbonyl (C=O) groups is 1. The molecule has 3 rings (SSSR count). The summed E-state index contributed by atoms with van der Waals surface area (Å²) in [5.74, 6) is 0.0431. The van der Waals surface area contributed by atoms with Gasteiger partial charge in [-0.3, -0.25) is 4.79 Å². The van der Waals surface area contributed by atoms with Crippen LogP contribution in [0.25, 0.3) is 0 Å². The van der Waals surface area contributed by atoms with Crippen LogP contribution in [0, 0.1) is 0 Å². The Morgan fingerprint density at radius 2 is 1.96 bits per heavy atom. The molecule has 7 nitrogen and oxygen atoms in total. The second-order valence-corrected chi connectivity index (χ2v) is 8.98. The predicted octanol–water partition coefficient (Wildman–Crippen LogP) is -0.988. The lowest BCUT2D eigenvalue weighted by Gasteiger charge is -2.31. The van der Waals surface area contributed by atoms with Crippen LogP contribution in [0.2, 0.25) is 0 Å². The molecule has 2 aliphatic rings. The average molecular weight is 383 g/mol. The molecule has 0 radical (unpaired) electrons. The molecule has 1 atom stereocenters. The van der Waals surface area contributed by atoms with Crippen molar-refractivity contribution in [1.29, 1.82) is 0 Å². The number of nitrogens with one attached hydrogen (secondary N) is 2. The molecule has 1 amide bonds. The Bertz CT molecular complexity index is 682. The molecule has 2 fully saturated rings. The number of hydrogen-bond donors (Lipinski definition) is 2. The van der Waals surface area contributed by atoms with Gasteiger partial charge in [-0.2, -0.15) is 4.31 Å². The first kappa shape index (κ1) is 19.3. The van der Waals surface area contributed by atoms with E-state index in [1.54, 1.807) is 4.31 Å². The summed E-state index contributed by atoms with van der Waals surface area (Å²) < 4.78 is 32.2. The van der Waals surface area contributed by atoms with Crippen molar-refractivity contribution in [2.75, 3.05) is 45.9 Å². The number of benzene rings is 1. The number of piperazine rings is 1. The zero-order chi connectivity index (χ0) is 18.4. The molecular formula is C18H28N3O4S+. The minimum absolute atomic E-state index is 0.0103. The monoisotopic (exact) mass is 382 g/mol. The Kier molecular flexibility index (Phi) is 6.63. The molecule has 0 unspecified atom stereocenters. The van der Waals surface area contributed by atoms with Crippen molar-refractivity contribution in [2.24, 2.45) is 0 Å². The molecular weight excluding hydrogens is 354 g/mol. The van der Waals surface area contributed by atoms with E-state index in [4.69, 9.17) is 4.74 Å². The van der Waals surface area contributed by atoms with E-state index in [1.165, 1.54) is 0 Å². The second kappa shape index (κ2) is 8.94. The first-order chi connectivity index (χ1) is 12.5. The van der Waals surface area contributed by atoms with Crippen LogP contribution in [0.5, 0.6) is 0 Å². The Labute approximate surface area is 155 Å². The van der Waals surface area contributed by atoms with Gasteiger partial charge < -0.3 is 15.0 Å². The molecule has 1 aromatic carbocycles. The lowest BCUT2D eigenvalue weighted by atomic mass is 10.2. The fourth-order valence-corrected chi connectivity index (χ4v) is 4.99. The summed E-state index contributed by atoms with van der Waals surface area (Å²) in [6.45, 7) is 3.98. The summed E-state index contributed by atoms with van der Waals surface area (Å²) in [5, 5.41) is 2.93. The van der Waals surface area contributed by atoms with Crippen LogP contribution < -0.4 is 10.2 Å². The molecule has 0 saturated carbocycles. The van der Waals surface area contributed by atoms with Gasteiger partial charge in [0.1, 0.15) is 0 Å². The smallest absolute Gasteiger partial charge is 0.275 e. The maximum atomic E-state index is 12.6. The minimum Gasteiger partial charge on any atom is -0.376 e. The fourth-order valence-electron chi connectivity index (χ4n) is 3.46. The molecule has 8 heteroatoms. The Balaban J connectivity index is 1.41. The molecule has 1 aromatic rings. The van der Waals surface area contributed by atoms with Gasteiger partial charge in [0.2, 0.25) is 10.0 Å². The number of ether oxygens (including phenoxy) is 1. The molecule has 26 heavy (non-hydrogen) atoms. The summed E-state index contributed by atoms with van der Waals surface area (Å²) in [6, 6.07) is 9.24. The molecule has 0 bridgehead atoms. The van der Waals surface area contributed by atoms with Gasteiger partial charge in [0.05, 0.1) is 38.0 Å². The zero-order valence-corrected chi connectivity index (χ0v) is 15.8. The van der Waals surface area contributed by atoms with Crippen LogP contribution in [-0.4, -0.2) is 70.6 Å². The van der Waals surface area contributed by atoms with Crippen molar-refractivity contribution >= 4 is 15.9 Å². The maximum absolute atomic E-state index is 12.6. The summed E-state index contributed by atoms with van der Waals surface area (Å²) in [6.07, 6.45) is 2.21. The highest BCUT2D eigenvalue weighted by molar-refractivity contribution is 7.88.